The van der Waals surface area contributed by atoms with Crippen molar-refractivity contribution in [1.29, 1.82) is 0 Å². The second-order valence-electron chi connectivity index (χ2n) is 4.81. The van der Waals surface area contributed by atoms with Gasteiger partial charge in [-0.05, 0) is 39.7 Å². The molecule has 2 nitrogen and oxygen atoms in total. The summed E-state index contributed by atoms with van der Waals surface area (Å²) in [6.45, 7) is 0. The Labute approximate surface area is 157 Å². The van der Waals surface area contributed by atoms with Crippen molar-refractivity contribution in [3.05, 3.63) is 91.3 Å². The highest BCUT2D eigenvalue weighted by atomic mass is 79.9. The summed E-state index contributed by atoms with van der Waals surface area (Å²) in [5.74, 6) is 4.69. The minimum Gasteiger partial charge on any atom is -0.323 e. The summed E-state index contributed by atoms with van der Waals surface area (Å²) < 4.78 is 14.5. The van der Waals surface area contributed by atoms with E-state index in [1.807, 2.05) is 41.8 Å². The molecule has 0 amide bonds. The molecule has 0 aliphatic heterocycles. The number of nitrogens with zero attached hydrogens (tertiary/aromatic N) is 1. The van der Waals surface area contributed by atoms with Gasteiger partial charge in [-0.3, -0.25) is 0 Å². The molecular weight excluding hydrogens is 411 g/mol. The largest absolute Gasteiger partial charge is 0.323 e. The van der Waals surface area contributed by atoms with Gasteiger partial charge in [0.1, 0.15) is 5.82 Å². The summed E-state index contributed by atoms with van der Waals surface area (Å²) >= 11 is 10.8. The van der Waals surface area contributed by atoms with E-state index in [0.717, 1.165) is 14.9 Å². The van der Waals surface area contributed by atoms with Crippen LogP contribution < -0.4 is 5.84 Å². The molecule has 3 aromatic rings. The summed E-state index contributed by atoms with van der Waals surface area (Å²) in [6.07, 6.45) is 2.15. The summed E-state index contributed by atoms with van der Waals surface area (Å²) in [5, 5.41) is 5.85. The number of rotatable bonds is 3. The van der Waals surface area contributed by atoms with E-state index in [1.54, 1.807) is 29.7 Å². The van der Waals surface area contributed by atoms with Crippen LogP contribution in [0.4, 0.5) is 4.39 Å². The minimum atomic E-state index is -0.244. The lowest BCUT2D eigenvalue weighted by atomic mass is 10.0. The predicted octanol–water partition coefficient (Wildman–Crippen LogP) is 5.87. The zero-order valence-corrected chi connectivity index (χ0v) is 15.8. The lowest BCUT2D eigenvalue weighted by molar-refractivity contribution is 0.614. The molecule has 1 heterocycles. The first-order chi connectivity index (χ1) is 11.6. The Kier molecular flexibility index (Phi) is 7.43. The van der Waals surface area contributed by atoms with Crippen LogP contribution in [0.1, 0.15) is 16.0 Å². The van der Waals surface area contributed by atoms with Gasteiger partial charge in [-0.2, -0.15) is 5.10 Å². The molecule has 24 heavy (non-hydrogen) atoms. The lowest BCUT2D eigenvalue weighted by Crippen LogP contribution is -1.93. The van der Waals surface area contributed by atoms with Crippen LogP contribution in [0.5, 0.6) is 0 Å². The molecular formula is C18H15BrClFN2S. The fourth-order valence-electron chi connectivity index (χ4n) is 1.97. The Morgan fingerprint density at radius 3 is 2.50 bits per heavy atom. The number of benzene rings is 2. The fourth-order valence-corrected chi connectivity index (χ4v) is 3.51. The van der Waals surface area contributed by atoms with Crippen molar-refractivity contribution in [2.24, 2.45) is 10.9 Å². The molecule has 0 radical (unpaired) electrons. The van der Waals surface area contributed by atoms with Crippen LogP contribution in [-0.2, 0) is 6.42 Å². The van der Waals surface area contributed by atoms with E-state index in [0.29, 0.717) is 17.0 Å². The van der Waals surface area contributed by atoms with Gasteiger partial charge in [-0.15, -0.1) is 11.3 Å². The molecule has 3 rings (SSSR count). The second-order valence-corrected chi connectivity index (χ2v) is 7.07. The van der Waals surface area contributed by atoms with Crippen molar-refractivity contribution in [1.82, 2.24) is 0 Å². The molecule has 0 aliphatic rings. The third kappa shape index (κ3) is 5.74. The molecule has 0 saturated carbocycles. The molecule has 2 aromatic carbocycles. The van der Waals surface area contributed by atoms with Gasteiger partial charge in [0.2, 0.25) is 0 Å². The van der Waals surface area contributed by atoms with Gasteiger partial charge in [0.05, 0.1) is 6.21 Å². The maximum Gasteiger partial charge on any atom is 0.128 e. The van der Waals surface area contributed by atoms with Crippen molar-refractivity contribution in [2.75, 3.05) is 0 Å². The van der Waals surface area contributed by atoms with Crippen molar-refractivity contribution < 1.29 is 4.39 Å². The van der Waals surface area contributed by atoms with E-state index < -0.39 is 0 Å². The van der Waals surface area contributed by atoms with Crippen molar-refractivity contribution in [2.45, 2.75) is 6.42 Å². The van der Waals surface area contributed by atoms with E-state index in [9.17, 15) is 4.39 Å². The topological polar surface area (TPSA) is 38.4 Å². The molecule has 124 valence electrons. The summed E-state index contributed by atoms with van der Waals surface area (Å²) in [5.41, 5.74) is 1.62. The van der Waals surface area contributed by atoms with E-state index in [4.69, 9.17) is 17.4 Å². The normalized spacial score (nSPS) is 10.5. The van der Waals surface area contributed by atoms with Crippen LogP contribution in [-0.4, -0.2) is 6.21 Å². The first kappa shape index (κ1) is 18.6. The fraction of sp³-hybridized carbons (Fsp3) is 0.0556. The van der Waals surface area contributed by atoms with Crippen LogP contribution >= 0.6 is 38.9 Å². The van der Waals surface area contributed by atoms with Crippen LogP contribution in [0.3, 0.4) is 0 Å². The Balaban J connectivity index is 0.000000198. The second kappa shape index (κ2) is 9.57. The van der Waals surface area contributed by atoms with Gasteiger partial charge < -0.3 is 5.84 Å². The Morgan fingerprint density at radius 1 is 1.17 bits per heavy atom. The highest BCUT2D eigenvalue weighted by Crippen LogP contribution is 2.22. The van der Waals surface area contributed by atoms with Gasteiger partial charge in [0.25, 0.3) is 0 Å². The quantitative estimate of drug-likeness (QED) is 0.318. The summed E-state index contributed by atoms with van der Waals surface area (Å²) in [6, 6.07) is 16.5. The van der Waals surface area contributed by atoms with Crippen LogP contribution in [0.15, 0.2) is 69.6 Å². The van der Waals surface area contributed by atoms with E-state index >= 15 is 0 Å². The standard InChI is InChI=1S/C13H10ClF.C5H5BrN2S/c14-12-7-4-8-13(15)11(12)9-10-5-2-1-3-6-10;6-4-1-5(2-8-7)9-3-4/h1-8H,9H2;1-3H,7H2. The molecule has 0 unspecified atom stereocenters. The van der Waals surface area contributed by atoms with Crippen molar-refractivity contribution in [3.8, 4) is 0 Å². The van der Waals surface area contributed by atoms with Crippen molar-refractivity contribution >= 4 is 45.1 Å². The molecule has 0 bridgehead atoms. The van der Waals surface area contributed by atoms with Crippen LogP contribution in [0, 0.1) is 5.82 Å². The first-order valence-corrected chi connectivity index (χ1v) is 9.09. The first-order valence-electron chi connectivity index (χ1n) is 7.04. The highest BCUT2D eigenvalue weighted by Gasteiger charge is 2.06. The SMILES string of the molecule is Fc1cccc(Cl)c1Cc1ccccc1.NN=Cc1cc(Br)cs1. The van der Waals surface area contributed by atoms with Gasteiger partial charge in [0.15, 0.2) is 0 Å². The van der Waals surface area contributed by atoms with Gasteiger partial charge in [-0.25, -0.2) is 4.39 Å². The molecule has 0 saturated heterocycles. The maximum atomic E-state index is 13.5. The number of nitrogens with two attached hydrogens (primary N) is 1. The molecule has 2 N–H and O–H groups in total. The molecule has 1 aromatic heterocycles. The zero-order chi connectivity index (χ0) is 17.4. The Bertz CT molecular complexity index is 786. The Morgan fingerprint density at radius 2 is 1.92 bits per heavy atom. The van der Waals surface area contributed by atoms with Crippen LogP contribution in [0.25, 0.3) is 0 Å². The summed E-state index contributed by atoms with van der Waals surface area (Å²) in [7, 11) is 0. The average molecular weight is 426 g/mol. The third-order valence-corrected chi connectivity index (χ3v) is 5.06. The third-order valence-electron chi connectivity index (χ3n) is 3.07. The van der Waals surface area contributed by atoms with Crippen molar-refractivity contribution in [3.63, 3.8) is 0 Å². The van der Waals surface area contributed by atoms with Gasteiger partial charge >= 0.3 is 0 Å². The minimum absolute atomic E-state index is 0.244. The molecule has 6 heteroatoms. The smallest absolute Gasteiger partial charge is 0.128 e. The number of hydrogen-bond acceptors (Lipinski definition) is 3. The Hall–Kier alpha value is -1.69. The summed E-state index contributed by atoms with van der Waals surface area (Å²) in [4.78, 5) is 1.06. The monoisotopic (exact) mass is 424 g/mol. The number of thiophene rings is 1. The number of halogens is 3. The van der Waals surface area contributed by atoms with Gasteiger partial charge in [-0.1, -0.05) is 48.0 Å². The average Bonchev–Trinajstić information content (AvgIpc) is 2.98. The zero-order valence-electron chi connectivity index (χ0n) is 12.6. The van der Waals surface area contributed by atoms with Crippen LogP contribution in [0.2, 0.25) is 5.02 Å². The van der Waals surface area contributed by atoms with E-state index in [1.165, 1.54) is 6.07 Å². The molecule has 0 aliphatic carbocycles. The number of hydrogen-bond donors (Lipinski definition) is 1. The number of hydrazone groups is 1. The van der Waals surface area contributed by atoms with Gasteiger partial charge in [0, 0.05) is 31.7 Å². The molecule has 0 spiro atoms. The predicted molar refractivity (Wildman–Crippen MR) is 104 cm³/mol. The molecule has 0 atom stereocenters. The van der Waals surface area contributed by atoms with E-state index in [-0.39, 0.29) is 5.82 Å². The lowest BCUT2D eigenvalue weighted by Gasteiger charge is -2.05. The highest BCUT2D eigenvalue weighted by molar-refractivity contribution is 9.10. The molecule has 0 fully saturated rings. The van der Waals surface area contributed by atoms with E-state index in [2.05, 4.69) is 21.0 Å². The maximum absolute atomic E-state index is 13.5.